The lowest BCUT2D eigenvalue weighted by Gasteiger charge is -2.19. The molecule has 1 N–H and O–H groups in total. The van der Waals surface area contributed by atoms with Gasteiger partial charge in [0.2, 0.25) is 0 Å². The number of hydrogen-bond donors (Lipinski definition) is 1. The van der Waals surface area contributed by atoms with Gasteiger partial charge < -0.3 is 19.7 Å². The fraction of sp³-hybridized carbons (Fsp3) is 0.579. The Morgan fingerprint density at radius 2 is 2.00 bits per heavy atom. The average Bonchev–Trinajstić information content (AvgIpc) is 2.92. The molecule has 0 aliphatic carbocycles. The fourth-order valence-corrected chi connectivity index (χ4v) is 2.94. The van der Waals surface area contributed by atoms with Crippen molar-refractivity contribution in [1.82, 2.24) is 10.2 Å². The predicted molar refractivity (Wildman–Crippen MR) is 95.7 cm³/mol. The molecule has 1 aliphatic heterocycles. The number of hydrogen-bond acceptors (Lipinski definition) is 5. The number of nitrogens with one attached hydrogen (secondary N) is 1. The van der Waals surface area contributed by atoms with Crippen LogP contribution in [-0.2, 0) is 4.79 Å². The van der Waals surface area contributed by atoms with E-state index in [9.17, 15) is 4.79 Å². The molecular weight excluding hydrogens is 318 g/mol. The molecule has 2 rings (SSSR count). The second kappa shape index (κ2) is 10.6. The van der Waals surface area contributed by atoms with Gasteiger partial charge in [-0.2, -0.15) is 5.26 Å². The summed E-state index contributed by atoms with van der Waals surface area (Å²) in [5.74, 6) is 0.761. The highest BCUT2D eigenvalue weighted by Crippen LogP contribution is 2.27. The average molecular weight is 345 g/mol. The summed E-state index contributed by atoms with van der Waals surface area (Å²) in [6.45, 7) is 3.98. The van der Waals surface area contributed by atoms with Gasteiger partial charge in [0.15, 0.2) is 18.1 Å². The summed E-state index contributed by atoms with van der Waals surface area (Å²) in [5, 5.41) is 11.8. The van der Waals surface area contributed by atoms with Gasteiger partial charge in [-0.3, -0.25) is 4.79 Å². The van der Waals surface area contributed by atoms with Crippen molar-refractivity contribution in [1.29, 1.82) is 5.26 Å². The summed E-state index contributed by atoms with van der Waals surface area (Å²) < 4.78 is 10.7. The number of carbonyl (C=O) groups excluding carboxylic acids is 1. The first-order valence-electron chi connectivity index (χ1n) is 8.93. The Balaban J connectivity index is 1.66. The molecule has 6 nitrogen and oxygen atoms in total. The lowest BCUT2D eigenvalue weighted by molar-refractivity contribution is -0.123. The standard InChI is InChI=1S/C19H27N3O3/c1-24-18-13-16(14-20)7-8-17(18)25-15-19(23)21-9-6-12-22-10-4-2-3-5-11-22/h7-8,13H,2-6,9-12,15H2,1H3,(H,21,23). The van der Waals surface area contributed by atoms with E-state index in [1.807, 2.05) is 6.07 Å². The Hall–Kier alpha value is -2.26. The highest BCUT2D eigenvalue weighted by atomic mass is 16.5. The van der Waals surface area contributed by atoms with Crippen LogP contribution in [0.4, 0.5) is 0 Å². The van der Waals surface area contributed by atoms with Crippen LogP contribution in [0.2, 0.25) is 0 Å². The van der Waals surface area contributed by atoms with Crippen LogP contribution in [0.15, 0.2) is 18.2 Å². The van der Waals surface area contributed by atoms with Gasteiger partial charge in [-0.25, -0.2) is 0 Å². The molecule has 0 aromatic heterocycles. The first kappa shape index (κ1) is 19.1. The molecule has 136 valence electrons. The topological polar surface area (TPSA) is 74.6 Å². The minimum atomic E-state index is -0.151. The van der Waals surface area contributed by atoms with Crippen molar-refractivity contribution in [2.24, 2.45) is 0 Å². The molecule has 6 heteroatoms. The third-order valence-corrected chi connectivity index (χ3v) is 4.32. The molecule has 1 aliphatic rings. The number of benzene rings is 1. The molecule has 1 aromatic carbocycles. The number of nitriles is 1. The van der Waals surface area contributed by atoms with Crippen LogP contribution in [0.1, 0.15) is 37.7 Å². The molecule has 1 fully saturated rings. The van der Waals surface area contributed by atoms with E-state index in [1.54, 1.807) is 18.2 Å². The largest absolute Gasteiger partial charge is 0.493 e. The molecular formula is C19H27N3O3. The number of rotatable bonds is 8. The van der Waals surface area contributed by atoms with Crippen molar-refractivity contribution < 1.29 is 14.3 Å². The second-order valence-corrected chi connectivity index (χ2v) is 6.23. The van der Waals surface area contributed by atoms with Gasteiger partial charge in [0.05, 0.1) is 18.7 Å². The lowest BCUT2D eigenvalue weighted by Crippen LogP contribution is -2.33. The van der Waals surface area contributed by atoms with Crippen LogP contribution in [0.5, 0.6) is 11.5 Å². The molecule has 0 saturated carbocycles. The van der Waals surface area contributed by atoms with Gasteiger partial charge in [0, 0.05) is 12.6 Å². The van der Waals surface area contributed by atoms with Crippen molar-refractivity contribution in [2.75, 3.05) is 39.9 Å². The van der Waals surface area contributed by atoms with E-state index in [2.05, 4.69) is 10.2 Å². The number of ether oxygens (including phenoxy) is 2. The third-order valence-electron chi connectivity index (χ3n) is 4.32. The van der Waals surface area contributed by atoms with Gasteiger partial charge in [-0.15, -0.1) is 0 Å². The molecule has 0 spiro atoms. The fourth-order valence-electron chi connectivity index (χ4n) is 2.94. The number of nitrogens with zero attached hydrogens (tertiary/aromatic N) is 2. The van der Waals surface area contributed by atoms with E-state index in [1.165, 1.54) is 45.9 Å². The SMILES string of the molecule is COc1cc(C#N)ccc1OCC(=O)NCCCN1CCCCCC1. The Kier molecular flexibility index (Phi) is 8.06. The maximum atomic E-state index is 11.9. The third kappa shape index (κ3) is 6.63. The number of methoxy groups -OCH3 is 1. The Morgan fingerprint density at radius 1 is 1.24 bits per heavy atom. The van der Waals surface area contributed by atoms with Gasteiger partial charge in [0.25, 0.3) is 5.91 Å². The van der Waals surface area contributed by atoms with Gasteiger partial charge in [-0.1, -0.05) is 12.8 Å². The van der Waals surface area contributed by atoms with E-state index in [0.717, 1.165) is 13.0 Å². The highest BCUT2D eigenvalue weighted by molar-refractivity contribution is 5.77. The number of amides is 1. The quantitative estimate of drug-likeness (QED) is 0.732. The second-order valence-electron chi connectivity index (χ2n) is 6.23. The van der Waals surface area contributed by atoms with E-state index >= 15 is 0 Å². The summed E-state index contributed by atoms with van der Waals surface area (Å²) in [7, 11) is 1.51. The first-order valence-corrected chi connectivity index (χ1v) is 8.93. The lowest BCUT2D eigenvalue weighted by atomic mass is 10.2. The smallest absolute Gasteiger partial charge is 0.257 e. The molecule has 0 radical (unpaired) electrons. The number of carbonyl (C=O) groups is 1. The van der Waals surface area contributed by atoms with Gasteiger partial charge >= 0.3 is 0 Å². The van der Waals surface area contributed by atoms with Crippen LogP contribution in [0.25, 0.3) is 0 Å². The molecule has 1 saturated heterocycles. The van der Waals surface area contributed by atoms with Crippen molar-refractivity contribution in [3.05, 3.63) is 23.8 Å². The van der Waals surface area contributed by atoms with Crippen LogP contribution in [0.3, 0.4) is 0 Å². The zero-order chi connectivity index (χ0) is 17.9. The molecule has 0 unspecified atom stereocenters. The van der Waals surface area contributed by atoms with E-state index in [4.69, 9.17) is 14.7 Å². The van der Waals surface area contributed by atoms with Gasteiger partial charge in [0.1, 0.15) is 0 Å². The van der Waals surface area contributed by atoms with Crippen molar-refractivity contribution in [3.63, 3.8) is 0 Å². The normalized spacial score (nSPS) is 15.0. The molecule has 1 heterocycles. The summed E-state index contributed by atoms with van der Waals surface area (Å²) in [6.07, 6.45) is 6.19. The maximum Gasteiger partial charge on any atom is 0.257 e. The van der Waals surface area contributed by atoms with Crippen molar-refractivity contribution >= 4 is 5.91 Å². The van der Waals surface area contributed by atoms with E-state index in [-0.39, 0.29) is 12.5 Å². The summed E-state index contributed by atoms with van der Waals surface area (Å²) >= 11 is 0. The monoisotopic (exact) mass is 345 g/mol. The zero-order valence-electron chi connectivity index (χ0n) is 14.9. The van der Waals surface area contributed by atoms with Crippen LogP contribution >= 0.6 is 0 Å². The predicted octanol–water partition coefficient (Wildman–Crippen LogP) is 2.33. The first-order chi connectivity index (χ1) is 12.2. The molecule has 25 heavy (non-hydrogen) atoms. The van der Waals surface area contributed by atoms with E-state index < -0.39 is 0 Å². The Labute approximate surface area is 149 Å². The van der Waals surface area contributed by atoms with Crippen LogP contribution in [-0.4, -0.2) is 50.7 Å². The Morgan fingerprint density at radius 3 is 2.68 bits per heavy atom. The number of likely N-dealkylation sites (tertiary alicyclic amines) is 1. The van der Waals surface area contributed by atoms with Crippen LogP contribution in [0, 0.1) is 11.3 Å². The summed E-state index contributed by atoms with van der Waals surface area (Å²) in [4.78, 5) is 14.4. The molecule has 0 bridgehead atoms. The molecule has 1 aromatic rings. The highest BCUT2D eigenvalue weighted by Gasteiger charge is 2.10. The van der Waals surface area contributed by atoms with Crippen molar-refractivity contribution in [2.45, 2.75) is 32.1 Å². The van der Waals surface area contributed by atoms with E-state index in [0.29, 0.717) is 23.6 Å². The summed E-state index contributed by atoms with van der Waals surface area (Å²) in [6, 6.07) is 6.91. The molecule has 0 atom stereocenters. The summed E-state index contributed by atoms with van der Waals surface area (Å²) in [5.41, 5.74) is 0.488. The van der Waals surface area contributed by atoms with Crippen molar-refractivity contribution in [3.8, 4) is 17.6 Å². The molecule has 1 amide bonds. The van der Waals surface area contributed by atoms with Gasteiger partial charge in [-0.05, 0) is 51.0 Å². The minimum absolute atomic E-state index is 0.0635. The Bertz CT molecular complexity index is 590. The maximum absolute atomic E-state index is 11.9. The minimum Gasteiger partial charge on any atom is -0.493 e. The zero-order valence-corrected chi connectivity index (χ0v) is 14.9. The van der Waals surface area contributed by atoms with Crippen LogP contribution < -0.4 is 14.8 Å².